The minimum Gasteiger partial charge on any atom is -0.368 e. The predicted molar refractivity (Wildman–Crippen MR) is 90.4 cm³/mol. The van der Waals surface area contributed by atoms with Crippen LogP contribution in [0.5, 0.6) is 0 Å². The maximum absolute atomic E-state index is 11.8. The fourth-order valence-corrected chi connectivity index (χ4v) is 2.48. The molecule has 0 aromatic heterocycles. The normalized spacial score (nSPS) is 14.6. The Bertz CT molecular complexity index is 281. The van der Waals surface area contributed by atoms with Crippen molar-refractivity contribution in [3.05, 3.63) is 0 Å². The molecule has 3 N–H and O–H groups in total. The quantitative estimate of drug-likeness (QED) is 0.538. The second-order valence-electron chi connectivity index (χ2n) is 5.87. The van der Waals surface area contributed by atoms with Crippen molar-refractivity contribution in [2.24, 2.45) is 5.73 Å². The molecule has 1 atom stereocenters. The number of amides is 1. The van der Waals surface area contributed by atoms with E-state index >= 15 is 0 Å². The van der Waals surface area contributed by atoms with E-state index in [0.717, 1.165) is 52.1 Å². The van der Waals surface area contributed by atoms with Gasteiger partial charge < -0.3 is 20.9 Å². The Morgan fingerprint density at radius 1 is 1.05 bits per heavy atom. The van der Waals surface area contributed by atoms with E-state index in [2.05, 4.69) is 42.8 Å². The van der Waals surface area contributed by atoms with E-state index in [1.54, 1.807) is 0 Å². The third kappa shape index (κ3) is 7.79. The predicted octanol–water partition coefficient (Wildman–Crippen LogP) is 1.28. The smallest absolute Gasteiger partial charge is 0.238 e. The van der Waals surface area contributed by atoms with Crippen molar-refractivity contribution in [2.75, 3.05) is 45.8 Å². The maximum atomic E-state index is 11.8. The van der Waals surface area contributed by atoms with E-state index in [9.17, 15) is 4.79 Å². The number of hydrogen-bond acceptors (Lipinski definition) is 4. The Kier molecular flexibility index (Phi) is 10.6. The van der Waals surface area contributed by atoms with Crippen LogP contribution in [-0.2, 0) is 4.79 Å². The van der Waals surface area contributed by atoms with E-state index in [1.807, 2.05) is 6.92 Å². The van der Waals surface area contributed by atoms with Crippen molar-refractivity contribution >= 4 is 5.91 Å². The van der Waals surface area contributed by atoms with Crippen LogP contribution < -0.4 is 11.1 Å². The van der Waals surface area contributed by atoms with Crippen LogP contribution in [-0.4, -0.2) is 67.1 Å². The molecule has 0 spiro atoms. The average Bonchev–Trinajstić information content (AvgIpc) is 2.48. The Morgan fingerprint density at radius 2 is 1.57 bits per heavy atom. The summed E-state index contributed by atoms with van der Waals surface area (Å²) in [6.45, 7) is 17.3. The zero-order chi connectivity index (χ0) is 16.3. The lowest BCUT2D eigenvalue weighted by atomic mass is 10.00. The molecule has 0 aliphatic carbocycles. The third-order valence-corrected chi connectivity index (χ3v) is 4.14. The van der Waals surface area contributed by atoms with Crippen LogP contribution in [0.3, 0.4) is 0 Å². The van der Waals surface area contributed by atoms with Gasteiger partial charge in [-0.05, 0) is 59.0 Å². The van der Waals surface area contributed by atoms with E-state index in [4.69, 9.17) is 5.73 Å². The van der Waals surface area contributed by atoms with Crippen LogP contribution in [0.15, 0.2) is 0 Å². The van der Waals surface area contributed by atoms with E-state index in [1.165, 1.54) is 0 Å². The molecule has 1 amide bonds. The first kappa shape index (κ1) is 20.3. The molecule has 0 aromatic rings. The molecule has 0 aliphatic heterocycles. The van der Waals surface area contributed by atoms with E-state index in [0.29, 0.717) is 6.54 Å². The van der Waals surface area contributed by atoms with Crippen LogP contribution in [0, 0.1) is 0 Å². The summed E-state index contributed by atoms with van der Waals surface area (Å²) >= 11 is 0. The van der Waals surface area contributed by atoms with Gasteiger partial charge in [0.1, 0.15) is 5.54 Å². The van der Waals surface area contributed by atoms with Crippen molar-refractivity contribution in [3.8, 4) is 0 Å². The van der Waals surface area contributed by atoms with Gasteiger partial charge >= 0.3 is 0 Å². The van der Waals surface area contributed by atoms with E-state index in [-0.39, 0.29) is 5.91 Å². The summed E-state index contributed by atoms with van der Waals surface area (Å²) in [5.41, 5.74) is 4.96. The van der Waals surface area contributed by atoms with Crippen molar-refractivity contribution in [2.45, 2.75) is 53.0 Å². The number of nitrogens with zero attached hydrogens (tertiary/aromatic N) is 2. The molecular formula is C16H36N4O. The molecule has 126 valence electrons. The lowest BCUT2D eigenvalue weighted by Crippen LogP contribution is -2.59. The zero-order valence-corrected chi connectivity index (χ0v) is 14.7. The molecular weight excluding hydrogens is 264 g/mol. The lowest BCUT2D eigenvalue weighted by molar-refractivity contribution is -0.124. The highest BCUT2D eigenvalue weighted by Gasteiger charge is 2.31. The Morgan fingerprint density at radius 3 is 2.00 bits per heavy atom. The Labute approximate surface area is 131 Å². The van der Waals surface area contributed by atoms with E-state index < -0.39 is 5.54 Å². The zero-order valence-electron chi connectivity index (χ0n) is 14.7. The molecule has 0 saturated carbocycles. The summed E-state index contributed by atoms with van der Waals surface area (Å²) in [6.07, 6.45) is 2.12. The van der Waals surface area contributed by atoms with Gasteiger partial charge in [0.2, 0.25) is 5.91 Å². The largest absolute Gasteiger partial charge is 0.368 e. The molecule has 0 radical (unpaired) electrons. The fraction of sp³-hybridized carbons (Fsp3) is 0.938. The molecule has 21 heavy (non-hydrogen) atoms. The molecule has 1 unspecified atom stereocenters. The highest BCUT2D eigenvalue weighted by Crippen LogP contribution is 2.08. The first-order chi connectivity index (χ1) is 9.93. The van der Waals surface area contributed by atoms with Crippen LogP contribution in [0.2, 0.25) is 0 Å². The van der Waals surface area contributed by atoms with Crippen LogP contribution in [0.25, 0.3) is 0 Å². The van der Waals surface area contributed by atoms with Crippen LogP contribution in [0.4, 0.5) is 0 Å². The minimum atomic E-state index is -0.638. The highest BCUT2D eigenvalue weighted by atomic mass is 16.1. The van der Waals surface area contributed by atoms with Crippen molar-refractivity contribution < 1.29 is 4.79 Å². The highest BCUT2D eigenvalue weighted by molar-refractivity contribution is 5.84. The third-order valence-electron chi connectivity index (χ3n) is 4.14. The van der Waals surface area contributed by atoms with Crippen LogP contribution in [0.1, 0.15) is 47.5 Å². The molecule has 0 bridgehead atoms. The number of rotatable bonds is 13. The molecule has 0 rings (SSSR count). The lowest BCUT2D eigenvalue weighted by Gasteiger charge is -2.34. The number of nitrogens with one attached hydrogen (secondary N) is 1. The molecule has 0 fully saturated rings. The molecule has 0 aromatic carbocycles. The van der Waals surface area contributed by atoms with Gasteiger partial charge in [0.15, 0.2) is 0 Å². The van der Waals surface area contributed by atoms with Gasteiger partial charge in [0.05, 0.1) is 0 Å². The summed E-state index contributed by atoms with van der Waals surface area (Å²) in [5, 5.41) is 3.30. The molecule has 5 nitrogen and oxygen atoms in total. The SMILES string of the molecule is CCCNC(C)(CN(CC)CCCN(CC)CC)C(N)=O. The maximum Gasteiger partial charge on any atom is 0.238 e. The average molecular weight is 300 g/mol. The summed E-state index contributed by atoms with van der Waals surface area (Å²) < 4.78 is 0. The van der Waals surface area contributed by atoms with Gasteiger partial charge in [-0.25, -0.2) is 0 Å². The minimum absolute atomic E-state index is 0.266. The standard InChI is InChI=1S/C16H36N4O/c1-6-11-18-16(5,15(17)21)14-20(9-4)13-10-12-19(7-2)8-3/h18H,6-14H2,1-5H3,(H2,17,21). The Balaban J connectivity index is 4.40. The summed E-state index contributed by atoms with van der Waals surface area (Å²) in [4.78, 5) is 16.5. The van der Waals surface area contributed by atoms with Gasteiger partial charge in [-0.3, -0.25) is 4.79 Å². The first-order valence-electron chi connectivity index (χ1n) is 8.43. The van der Waals surface area contributed by atoms with Gasteiger partial charge in [-0.1, -0.05) is 27.7 Å². The number of carbonyl (C=O) groups excluding carboxylic acids is 1. The summed E-state index contributed by atoms with van der Waals surface area (Å²) in [7, 11) is 0. The molecule has 0 heterocycles. The fourth-order valence-electron chi connectivity index (χ4n) is 2.48. The van der Waals surface area contributed by atoms with Gasteiger partial charge in [-0.2, -0.15) is 0 Å². The molecule has 5 heteroatoms. The second kappa shape index (κ2) is 11.0. The number of primary amides is 1. The monoisotopic (exact) mass is 300 g/mol. The summed E-state index contributed by atoms with van der Waals surface area (Å²) in [6, 6.07) is 0. The number of hydrogen-bond donors (Lipinski definition) is 2. The van der Waals surface area contributed by atoms with Gasteiger partial charge in [0.25, 0.3) is 0 Å². The Hall–Kier alpha value is -0.650. The number of nitrogens with two attached hydrogens (primary N) is 1. The first-order valence-corrected chi connectivity index (χ1v) is 8.43. The molecule has 0 saturated heterocycles. The van der Waals surface area contributed by atoms with Crippen molar-refractivity contribution in [3.63, 3.8) is 0 Å². The van der Waals surface area contributed by atoms with Gasteiger partial charge in [0, 0.05) is 6.54 Å². The molecule has 0 aliphatic rings. The number of likely N-dealkylation sites (N-methyl/N-ethyl adjacent to an activating group) is 1. The number of carbonyl (C=O) groups is 1. The second-order valence-corrected chi connectivity index (χ2v) is 5.87. The van der Waals surface area contributed by atoms with Crippen molar-refractivity contribution in [1.82, 2.24) is 15.1 Å². The summed E-state index contributed by atoms with van der Waals surface area (Å²) in [5.74, 6) is -0.266. The van der Waals surface area contributed by atoms with Crippen LogP contribution >= 0.6 is 0 Å². The topological polar surface area (TPSA) is 61.6 Å². The van der Waals surface area contributed by atoms with Crippen molar-refractivity contribution in [1.29, 1.82) is 0 Å². The van der Waals surface area contributed by atoms with Gasteiger partial charge in [-0.15, -0.1) is 0 Å².